The highest BCUT2D eigenvalue weighted by atomic mass is 79.9. The van der Waals surface area contributed by atoms with Crippen molar-refractivity contribution in [2.24, 2.45) is 0 Å². The first-order valence-corrected chi connectivity index (χ1v) is 10.6. The van der Waals surface area contributed by atoms with E-state index in [0.29, 0.717) is 29.6 Å². The maximum Gasteiger partial charge on any atom is 0.252 e. The number of ether oxygens (including phenoxy) is 1. The molecule has 1 unspecified atom stereocenters. The molecule has 3 aromatic rings. The number of carbonyl (C=O) groups excluding carboxylic acids is 1. The molecule has 2 aromatic carbocycles. The van der Waals surface area contributed by atoms with Crippen LogP contribution < -0.4 is 10.1 Å². The number of aryl methyl sites for hydroxylation is 1. The smallest absolute Gasteiger partial charge is 0.252 e. The average molecular weight is 460 g/mol. The molecule has 2 heterocycles. The SMILES string of the molecule is Cc1noc(CSc2ccccc2C(=O)NC2CCOc3ccc(Br)cc32)n1. The number of thioether (sulfide) groups is 1. The Kier molecular flexibility index (Phi) is 5.68. The van der Waals surface area contributed by atoms with Gasteiger partial charge in [0.1, 0.15) is 5.75 Å². The number of nitrogens with zero attached hydrogens (tertiary/aromatic N) is 2. The number of hydrogen-bond acceptors (Lipinski definition) is 6. The summed E-state index contributed by atoms with van der Waals surface area (Å²) in [6, 6.07) is 13.3. The molecular weight excluding hydrogens is 442 g/mol. The number of halogens is 1. The van der Waals surface area contributed by atoms with E-state index in [1.165, 1.54) is 11.8 Å². The molecule has 0 saturated carbocycles. The molecule has 0 aliphatic carbocycles. The topological polar surface area (TPSA) is 77.2 Å². The van der Waals surface area contributed by atoms with Crippen LogP contribution in [0.5, 0.6) is 5.75 Å². The number of aromatic nitrogens is 2. The van der Waals surface area contributed by atoms with Crippen LogP contribution in [0, 0.1) is 6.92 Å². The Morgan fingerprint density at radius 2 is 2.18 bits per heavy atom. The van der Waals surface area contributed by atoms with Crippen molar-refractivity contribution in [3.63, 3.8) is 0 Å². The molecule has 1 amide bonds. The standard InChI is InChI=1S/C20H18BrN3O3S/c1-12-22-19(27-24-12)11-28-18-5-3-2-4-14(18)20(25)23-16-8-9-26-17-7-6-13(21)10-15(16)17/h2-7,10,16H,8-9,11H2,1H3,(H,23,25). The first kappa shape index (κ1) is 19.0. The third kappa shape index (κ3) is 4.23. The van der Waals surface area contributed by atoms with Gasteiger partial charge in [-0.05, 0) is 37.3 Å². The van der Waals surface area contributed by atoms with E-state index in [1.807, 2.05) is 42.5 Å². The van der Waals surface area contributed by atoms with Gasteiger partial charge in [-0.25, -0.2) is 0 Å². The van der Waals surface area contributed by atoms with Gasteiger partial charge >= 0.3 is 0 Å². The van der Waals surface area contributed by atoms with E-state index < -0.39 is 0 Å². The van der Waals surface area contributed by atoms with Gasteiger partial charge in [0.15, 0.2) is 5.82 Å². The fourth-order valence-electron chi connectivity index (χ4n) is 3.07. The van der Waals surface area contributed by atoms with Gasteiger partial charge in [0.05, 0.1) is 24.0 Å². The Balaban J connectivity index is 1.51. The lowest BCUT2D eigenvalue weighted by Gasteiger charge is -2.27. The van der Waals surface area contributed by atoms with E-state index in [2.05, 4.69) is 31.4 Å². The van der Waals surface area contributed by atoms with E-state index in [0.717, 1.165) is 27.1 Å². The summed E-state index contributed by atoms with van der Waals surface area (Å²) in [4.78, 5) is 18.1. The molecule has 1 aromatic heterocycles. The molecule has 0 bridgehead atoms. The zero-order valence-electron chi connectivity index (χ0n) is 15.1. The first-order valence-electron chi connectivity index (χ1n) is 8.84. The van der Waals surface area contributed by atoms with Gasteiger partial charge in [-0.15, -0.1) is 11.8 Å². The Labute approximate surface area is 175 Å². The summed E-state index contributed by atoms with van der Waals surface area (Å²) in [5, 5.41) is 6.95. The summed E-state index contributed by atoms with van der Waals surface area (Å²) in [5.74, 6) is 2.36. The summed E-state index contributed by atoms with van der Waals surface area (Å²) >= 11 is 5.00. The van der Waals surface area contributed by atoms with Crippen molar-refractivity contribution < 1.29 is 14.1 Å². The van der Waals surface area contributed by atoms with Crippen LogP contribution >= 0.6 is 27.7 Å². The van der Waals surface area contributed by atoms with Gasteiger partial charge in [-0.3, -0.25) is 4.79 Å². The van der Waals surface area contributed by atoms with Crippen molar-refractivity contribution in [3.8, 4) is 5.75 Å². The number of fused-ring (bicyclic) bond motifs is 1. The van der Waals surface area contributed by atoms with Crippen molar-refractivity contribution in [1.82, 2.24) is 15.5 Å². The fraction of sp³-hybridized carbons (Fsp3) is 0.250. The molecule has 0 spiro atoms. The fourth-order valence-corrected chi connectivity index (χ4v) is 4.34. The van der Waals surface area contributed by atoms with E-state index in [1.54, 1.807) is 6.92 Å². The van der Waals surface area contributed by atoms with Crippen molar-refractivity contribution in [1.29, 1.82) is 0 Å². The normalized spacial score (nSPS) is 15.6. The maximum atomic E-state index is 13.0. The van der Waals surface area contributed by atoms with Gasteiger partial charge in [0.2, 0.25) is 5.89 Å². The Morgan fingerprint density at radius 3 is 3.00 bits per heavy atom. The molecule has 0 fully saturated rings. The average Bonchev–Trinajstić information content (AvgIpc) is 3.12. The molecule has 8 heteroatoms. The van der Waals surface area contributed by atoms with E-state index in [4.69, 9.17) is 9.26 Å². The van der Waals surface area contributed by atoms with Crippen LogP contribution in [0.3, 0.4) is 0 Å². The number of benzene rings is 2. The Morgan fingerprint density at radius 1 is 1.32 bits per heavy atom. The molecule has 4 rings (SSSR count). The summed E-state index contributed by atoms with van der Waals surface area (Å²) in [6.45, 7) is 2.36. The quantitative estimate of drug-likeness (QED) is 0.557. The van der Waals surface area contributed by atoms with Gasteiger partial charge < -0.3 is 14.6 Å². The van der Waals surface area contributed by atoms with Crippen LogP contribution in [0.1, 0.15) is 40.1 Å². The number of nitrogens with one attached hydrogen (secondary N) is 1. The van der Waals surface area contributed by atoms with E-state index >= 15 is 0 Å². The molecule has 0 radical (unpaired) electrons. The highest BCUT2D eigenvalue weighted by Crippen LogP contribution is 2.35. The van der Waals surface area contributed by atoms with Crippen LogP contribution in [0.15, 0.2) is 56.4 Å². The van der Waals surface area contributed by atoms with Crippen molar-refractivity contribution in [2.45, 2.75) is 30.0 Å². The van der Waals surface area contributed by atoms with Crippen molar-refractivity contribution >= 4 is 33.6 Å². The van der Waals surface area contributed by atoms with Gasteiger partial charge in [0, 0.05) is 21.4 Å². The summed E-state index contributed by atoms with van der Waals surface area (Å²) in [6.07, 6.45) is 0.728. The minimum absolute atomic E-state index is 0.0922. The lowest BCUT2D eigenvalue weighted by atomic mass is 10.00. The van der Waals surface area contributed by atoms with E-state index in [-0.39, 0.29) is 11.9 Å². The summed E-state index contributed by atoms with van der Waals surface area (Å²) in [5.41, 5.74) is 1.62. The predicted octanol–water partition coefficient (Wildman–Crippen LogP) is 4.69. The molecule has 1 atom stereocenters. The summed E-state index contributed by atoms with van der Waals surface area (Å²) in [7, 11) is 0. The van der Waals surface area contributed by atoms with Gasteiger partial charge in [-0.2, -0.15) is 4.98 Å². The van der Waals surface area contributed by atoms with Crippen LogP contribution in [0.2, 0.25) is 0 Å². The van der Waals surface area contributed by atoms with Crippen molar-refractivity contribution in [2.75, 3.05) is 6.61 Å². The zero-order valence-corrected chi connectivity index (χ0v) is 17.5. The highest BCUT2D eigenvalue weighted by Gasteiger charge is 2.24. The molecule has 0 saturated heterocycles. The lowest BCUT2D eigenvalue weighted by molar-refractivity contribution is 0.0922. The Bertz CT molecular complexity index is 1010. The maximum absolute atomic E-state index is 13.0. The molecular formula is C20H18BrN3O3S. The minimum Gasteiger partial charge on any atom is -0.493 e. The third-order valence-corrected chi connectivity index (χ3v) is 5.92. The highest BCUT2D eigenvalue weighted by molar-refractivity contribution is 9.10. The van der Waals surface area contributed by atoms with E-state index in [9.17, 15) is 4.79 Å². The molecule has 28 heavy (non-hydrogen) atoms. The van der Waals surface area contributed by atoms with Crippen LogP contribution in [-0.2, 0) is 5.75 Å². The molecule has 1 N–H and O–H groups in total. The van der Waals surface area contributed by atoms with Crippen LogP contribution in [0.4, 0.5) is 0 Å². The Hall–Kier alpha value is -2.32. The number of amides is 1. The number of rotatable bonds is 5. The second-order valence-electron chi connectivity index (χ2n) is 6.37. The predicted molar refractivity (Wildman–Crippen MR) is 109 cm³/mol. The number of carbonyl (C=O) groups is 1. The van der Waals surface area contributed by atoms with Crippen LogP contribution in [0.25, 0.3) is 0 Å². The molecule has 1 aliphatic heterocycles. The summed E-state index contributed by atoms with van der Waals surface area (Å²) < 4.78 is 11.8. The molecule has 144 valence electrons. The van der Waals surface area contributed by atoms with Crippen LogP contribution in [-0.4, -0.2) is 22.7 Å². The largest absolute Gasteiger partial charge is 0.493 e. The third-order valence-electron chi connectivity index (χ3n) is 4.37. The first-order chi connectivity index (χ1) is 13.6. The number of hydrogen-bond donors (Lipinski definition) is 1. The second kappa shape index (κ2) is 8.36. The van der Waals surface area contributed by atoms with Gasteiger partial charge in [0.25, 0.3) is 5.91 Å². The molecule has 1 aliphatic rings. The minimum atomic E-state index is -0.109. The van der Waals surface area contributed by atoms with Gasteiger partial charge in [-0.1, -0.05) is 33.2 Å². The monoisotopic (exact) mass is 459 g/mol. The zero-order chi connectivity index (χ0) is 19.5. The second-order valence-corrected chi connectivity index (χ2v) is 8.30. The molecule has 6 nitrogen and oxygen atoms in total. The lowest BCUT2D eigenvalue weighted by Crippen LogP contribution is -2.32. The van der Waals surface area contributed by atoms with Crippen molar-refractivity contribution in [3.05, 3.63) is 69.8 Å².